The molecule has 0 aliphatic carbocycles. The fourth-order valence-corrected chi connectivity index (χ4v) is 2.39. The summed E-state index contributed by atoms with van der Waals surface area (Å²) in [7, 11) is 0. The third-order valence-electron chi connectivity index (χ3n) is 3.45. The maximum absolute atomic E-state index is 13.0. The standard InChI is InChI=1S/C14H18FNO3/c15-12-4-1-3-11(7-12)8-13(18)16-6-2-5-14(19,9-16)10-17/h1,3-4,7,17,19H,2,5-6,8-10H2/t14-/m1/s1. The molecule has 0 aromatic heterocycles. The van der Waals surface area contributed by atoms with E-state index in [1.165, 1.54) is 17.0 Å². The second kappa shape index (κ2) is 5.67. The predicted octanol–water partition coefficient (Wildman–Crippen LogP) is 0.714. The Kier molecular flexibility index (Phi) is 4.17. The second-order valence-corrected chi connectivity index (χ2v) is 5.11. The summed E-state index contributed by atoms with van der Waals surface area (Å²) >= 11 is 0. The van der Waals surface area contributed by atoms with Crippen molar-refractivity contribution in [2.75, 3.05) is 19.7 Å². The van der Waals surface area contributed by atoms with Gasteiger partial charge in [0.05, 0.1) is 19.6 Å². The number of β-amino-alcohol motifs (C(OH)–C–C–N with tert-alkyl or cyclic N) is 1. The van der Waals surface area contributed by atoms with E-state index in [2.05, 4.69) is 0 Å². The van der Waals surface area contributed by atoms with E-state index >= 15 is 0 Å². The Morgan fingerprint density at radius 1 is 1.47 bits per heavy atom. The lowest BCUT2D eigenvalue weighted by Crippen LogP contribution is -2.52. The van der Waals surface area contributed by atoms with Gasteiger partial charge in [-0.15, -0.1) is 0 Å². The van der Waals surface area contributed by atoms with Crippen molar-refractivity contribution in [2.24, 2.45) is 0 Å². The highest BCUT2D eigenvalue weighted by atomic mass is 19.1. The first-order valence-corrected chi connectivity index (χ1v) is 6.38. The van der Waals surface area contributed by atoms with Crippen molar-refractivity contribution in [2.45, 2.75) is 24.9 Å². The molecule has 2 N–H and O–H groups in total. The lowest BCUT2D eigenvalue weighted by atomic mass is 9.93. The van der Waals surface area contributed by atoms with Crippen LogP contribution in [-0.4, -0.2) is 46.3 Å². The lowest BCUT2D eigenvalue weighted by molar-refractivity contribution is -0.139. The third-order valence-corrected chi connectivity index (χ3v) is 3.45. The van der Waals surface area contributed by atoms with Crippen LogP contribution in [0, 0.1) is 5.82 Å². The molecule has 19 heavy (non-hydrogen) atoms. The number of carbonyl (C=O) groups excluding carboxylic acids is 1. The fourth-order valence-electron chi connectivity index (χ4n) is 2.39. The maximum Gasteiger partial charge on any atom is 0.227 e. The van der Waals surface area contributed by atoms with Gasteiger partial charge in [0.2, 0.25) is 5.91 Å². The molecule has 1 atom stereocenters. The minimum atomic E-state index is -1.20. The zero-order chi connectivity index (χ0) is 13.9. The van der Waals surface area contributed by atoms with E-state index in [1.807, 2.05) is 0 Å². The number of halogens is 1. The number of hydrogen-bond donors (Lipinski definition) is 2. The Morgan fingerprint density at radius 3 is 2.95 bits per heavy atom. The quantitative estimate of drug-likeness (QED) is 0.848. The number of aliphatic hydroxyl groups excluding tert-OH is 1. The molecule has 0 spiro atoms. The lowest BCUT2D eigenvalue weighted by Gasteiger charge is -2.38. The predicted molar refractivity (Wildman–Crippen MR) is 68.0 cm³/mol. The van der Waals surface area contributed by atoms with Crippen LogP contribution in [0.1, 0.15) is 18.4 Å². The molecule has 2 rings (SSSR count). The van der Waals surface area contributed by atoms with E-state index in [1.54, 1.807) is 12.1 Å². The molecule has 1 aliphatic heterocycles. The molecular weight excluding hydrogens is 249 g/mol. The first-order chi connectivity index (χ1) is 9.02. The normalized spacial score (nSPS) is 23.4. The van der Waals surface area contributed by atoms with E-state index in [4.69, 9.17) is 5.11 Å². The van der Waals surface area contributed by atoms with Gasteiger partial charge in [0, 0.05) is 6.54 Å². The van der Waals surface area contributed by atoms with Crippen LogP contribution in [0.25, 0.3) is 0 Å². The number of piperidine rings is 1. The van der Waals surface area contributed by atoms with Gasteiger partial charge in [0.15, 0.2) is 0 Å². The van der Waals surface area contributed by atoms with Gasteiger partial charge in [-0.25, -0.2) is 4.39 Å². The summed E-state index contributed by atoms with van der Waals surface area (Å²) in [5.74, 6) is -0.520. The number of amides is 1. The summed E-state index contributed by atoms with van der Waals surface area (Å²) in [5, 5.41) is 19.1. The van der Waals surface area contributed by atoms with Crippen molar-refractivity contribution in [3.8, 4) is 0 Å². The second-order valence-electron chi connectivity index (χ2n) is 5.11. The van der Waals surface area contributed by atoms with Crippen molar-refractivity contribution in [3.63, 3.8) is 0 Å². The van der Waals surface area contributed by atoms with Crippen molar-refractivity contribution >= 4 is 5.91 Å². The Bertz CT molecular complexity index is 466. The van der Waals surface area contributed by atoms with Crippen molar-refractivity contribution < 1.29 is 19.4 Å². The SMILES string of the molecule is O=C(Cc1cccc(F)c1)N1CCC[C@](O)(CO)C1. The van der Waals surface area contributed by atoms with Gasteiger partial charge in [-0.05, 0) is 30.5 Å². The first kappa shape index (κ1) is 14.0. The van der Waals surface area contributed by atoms with Crippen LogP contribution in [-0.2, 0) is 11.2 Å². The van der Waals surface area contributed by atoms with Crippen LogP contribution in [0.15, 0.2) is 24.3 Å². The number of nitrogens with zero attached hydrogens (tertiary/aromatic N) is 1. The average molecular weight is 267 g/mol. The summed E-state index contributed by atoms with van der Waals surface area (Å²) in [6.45, 7) is 0.352. The average Bonchev–Trinajstić information content (AvgIpc) is 2.39. The number of benzene rings is 1. The largest absolute Gasteiger partial charge is 0.393 e. The molecule has 1 aromatic carbocycles. The Morgan fingerprint density at radius 2 is 2.26 bits per heavy atom. The fraction of sp³-hybridized carbons (Fsp3) is 0.500. The molecule has 0 bridgehead atoms. The minimum absolute atomic E-state index is 0.110. The number of carbonyl (C=O) groups is 1. The van der Waals surface area contributed by atoms with Crippen LogP contribution in [0.4, 0.5) is 4.39 Å². The monoisotopic (exact) mass is 267 g/mol. The number of hydrogen-bond acceptors (Lipinski definition) is 3. The molecule has 4 nitrogen and oxygen atoms in total. The molecule has 1 aliphatic rings. The summed E-state index contributed by atoms with van der Waals surface area (Å²) < 4.78 is 13.0. The molecular formula is C14H18FNO3. The van der Waals surface area contributed by atoms with E-state index in [-0.39, 0.29) is 31.3 Å². The Balaban J connectivity index is 2.00. The topological polar surface area (TPSA) is 60.8 Å². The molecule has 0 unspecified atom stereocenters. The van der Waals surface area contributed by atoms with Crippen molar-refractivity contribution in [1.82, 2.24) is 4.90 Å². The van der Waals surface area contributed by atoms with Gasteiger partial charge >= 0.3 is 0 Å². The van der Waals surface area contributed by atoms with Crippen LogP contribution in [0.3, 0.4) is 0 Å². The molecule has 5 heteroatoms. The zero-order valence-corrected chi connectivity index (χ0v) is 10.7. The van der Waals surface area contributed by atoms with Crippen LogP contribution in [0.2, 0.25) is 0 Å². The maximum atomic E-state index is 13.0. The molecule has 1 heterocycles. The van der Waals surface area contributed by atoms with Crippen LogP contribution >= 0.6 is 0 Å². The van der Waals surface area contributed by atoms with Crippen LogP contribution < -0.4 is 0 Å². The molecule has 1 aromatic rings. The van der Waals surface area contributed by atoms with Crippen LogP contribution in [0.5, 0.6) is 0 Å². The minimum Gasteiger partial charge on any atom is -0.393 e. The Hall–Kier alpha value is -1.46. The molecule has 0 saturated carbocycles. The summed E-state index contributed by atoms with van der Waals surface area (Å²) in [4.78, 5) is 13.6. The highest BCUT2D eigenvalue weighted by Crippen LogP contribution is 2.21. The van der Waals surface area contributed by atoms with Gasteiger partial charge in [0.25, 0.3) is 0 Å². The molecule has 0 radical (unpaired) electrons. The highest BCUT2D eigenvalue weighted by molar-refractivity contribution is 5.79. The summed E-state index contributed by atoms with van der Waals surface area (Å²) in [6, 6.07) is 5.93. The van der Waals surface area contributed by atoms with Crippen molar-refractivity contribution in [1.29, 1.82) is 0 Å². The summed E-state index contributed by atoms with van der Waals surface area (Å²) in [5.41, 5.74) is -0.585. The summed E-state index contributed by atoms with van der Waals surface area (Å²) in [6.07, 6.45) is 1.26. The van der Waals surface area contributed by atoms with Crippen molar-refractivity contribution in [3.05, 3.63) is 35.6 Å². The van der Waals surface area contributed by atoms with Gasteiger partial charge in [-0.1, -0.05) is 12.1 Å². The van der Waals surface area contributed by atoms with Gasteiger partial charge in [0.1, 0.15) is 11.4 Å². The third kappa shape index (κ3) is 3.52. The van der Waals surface area contributed by atoms with E-state index in [9.17, 15) is 14.3 Å². The van der Waals surface area contributed by atoms with Gasteiger partial charge < -0.3 is 15.1 Å². The molecule has 104 valence electrons. The molecule has 1 amide bonds. The van der Waals surface area contributed by atoms with Gasteiger partial charge in [-0.3, -0.25) is 4.79 Å². The highest BCUT2D eigenvalue weighted by Gasteiger charge is 2.34. The Labute approximate surface area is 111 Å². The smallest absolute Gasteiger partial charge is 0.227 e. The van der Waals surface area contributed by atoms with E-state index < -0.39 is 5.60 Å². The molecule has 1 saturated heterocycles. The zero-order valence-electron chi connectivity index (χ0n) is 10.7. The molecule has 1 fully saturated rings. The number of likely N-dealkylation sites (tertiary alicyclic amines) is 1. The number of aliphatic hydroxyl groups is 2. The first-order valence-electron chi connectivity index (χ1n) is 6.38. The van der Waals surface area contributed by atoms with Gasteiger partial charge in [-0.2, -0.15) is 0 Å². The number of rotatable bonds is 3. The van der Waals surface area contributed by atoms with E-state index in [0.29, 0.717) is 24.9 Å². The van der Waals surface area contributed by atoms with E-state index in [0.717, 1.165) is 0 Å².